The van der Waals surface area contributed by atoms with Crippen LogP contribution in [0.2, 0.25) is 5.02 Å². The molecule has 3 aromatic rings. The van der Waals surface area contributed by atoms with Gasteiger partial charge in [-0.25, -0.2) is 0 Å². The highest BCUT2D eigenvalue weighted by Crippen LogP contribution is 2.28. The van der Waals surface area contributed by atoms with Crippen molar-refractivity contribution >= 4 is 17.3 Å². The summed E-state index contributed by atoms with van der Waals surface area (Å²) in [4.78, 5) is 4.76. The molecule has 114 valence electrons. The van der Waals surface area contributed by atoms with Crippen molar-refractivity contribution in [3.05, 3.63) is 76.3 Å². The molecular formula is C17H14ClN5. The molecule has 0 amide bonds. The predicted octanol–water partition coefficient (Wildman–Crippen LogP) is 2.73. The molecule has 0 saturated heterocycles. The summed E-state index contributed by atoms with van der Waals surface area (Å²) in [6, 6.07) is 15.8. The van der Waals surface area contributed by atoms with E-state index in [9.17, 15) is 0 Å². The first-order valence-electron chi connectivity index (χ1n) is 7.31. The third-order valence-corrected chi connectivity index (χ3v) is 4.10. The summed E-state index contributed by atoms with van der Waals surface area (Å²) in [7, 11) is 0. The van der Waals surface area contributed by atoms with Crippen LogP contribution in [0, 0.1) is 0 Å². The van der Waals surface area contributed by atoms with Gasteiger partial charge in [-0.3, -0.25) is 9.56 Å². The minimum atomic E-state index is 0.315. The van der Waals surface area contributed by atoms with Crippen LogP contribution >= 0.6 is 11.6 Å². The van der Waals surface area contributed by atoms with Crippen LogP contribution in [0.5, 0.6) is 0 Å². The lowest BCUT2D eigenvalue weighted by molar-refractivity contribution is 0.828. The summed E-state index contributed by atoms with van der Waals surface area (Å²) >= 11 is 6.24. The van der Waals surface area contributed by atoms with Crippen LogP contribution in [0.1, 0.15) is 22.8 Å². The maximum absolute atomic E-state index is 6.24. The Morgan fingerprint density at radius 1 is 1.09 bits per heavy atom. The fourth-order valence-corrected chi connectivity index (χ4v) is 3.01. The van der Waals surface area contributed by atoms with Gasteiger partial charge in [-0.1, -0.05) is 41.9 Å². The lowest BCUT2D eigenvalue weighted by Crippen LogP contribution is -2.11. The fraction of sp³-hybridized carbons (Fsp3) is 0.118. The van der Waals surface area contributed by atoms with Gasteiger partial charge < -0.3 is 5.73 Å². The van der Waals surface area contributed by atoms with Crippen LogP contribution in [0.4, 0.5) is 0 Å². The second-order valence-corrected chi connectivity index (χ2v) is 5.70. The third-order valence-electron chi connectivity index (χ3n) is 3.86. The number of hydrogen-bond acceptors (Lipinski definition) is 4. The molecule has 0 atom stereocenters. The van der Waals surface area contributed by atoms with Gasteiger partial charge in [0.2, 0.25) is 0 Å². The summed E-state index contributed by atoms with van der Waals surface area (Å²) in [5.74, 6) is 1.49. The maximum Gasteiger partial charge on any atom is 0.159 e. The largest absolute Gasteiger partial charge is 0.324 e. The average molecular weight is 324 g/mol. The number of aliphatic imine (C=N–C) groups is 1. The van der Waals surface area contributed by atoms with Crippen molar-refractivity contribution in [2.75, 3.05) is 0 Å². The normalized spacial score (nSPS) is 13.0. The van der Waals surface area contributed by atoms with Gasteiger partial charge in [-0.15, -0.1) is 10.2 Å². The standard InChI is InChI=1S/C17H14ClN5/c18-12-6-7-14-13(8-12)17(11-4-2-1-3-5-11)20-10-16-22-21-15(9-19)23(14)16/h1-8H,9-10,19H2. The fourth-order valence-electron chi connectivity index (χ4n) is 2.84. The molecule has 2 aromatic carbocycles. The predicted molar refractivity (Wildman–Crippen MR) is 90.0 cm³/mol. The number of rotatable bonds is 2. The van der Waals surface area contributed by atoms with E-state index in [4.69, 9.17) is 22.3 Å². The second kappa shape index (κ2) is 5.61. The molecule has 0 saturated carbocycles. The van der Waals surface area contributed by atoms with Gasteiger partial charge in [-0.2, -0.15) is 0 Å². The topological polar surface area (TPSA) is 69.1 Å². The lowest BCUT2D eigenvalue weighted by atomic mass is 10.0. The molecule has 2 N–H and O–H groups in total. The van der Waals surface area contributed by atoms with E-state index in [1.807, 2.05) is 53.1 Å². The zero-order valence-electron chi connectivity index (χ0n) is 12.3. The van der Waals surface area contributed by atoms with E-state index in [1.54, 1.807) is 0 Å². The Morgan fingerprint density at radius 2 is 1.91 bits per heavy atom. The molecule has 0 bridgehead atoms. The van der Waals surface area contributed by atoms with E-state index in [0.717, 1.165) is 28.4 Å². The molecule has 23 heavy (non-hydrogen) atoms. The summed E-state index contributed by atoms with van der Waals surface area (Å²) in [5.41, 5.74) is 9.67. The van der Waals surface area contributed by atoms with Gasteiger partial charge in [0.05, 0.1) is 17.9 Å². The first kappa shape index (κ1) is 14.1. The minimum Gasteiger partial charge on any atom is -0.324 e. The Morgan fingerprint density at radius 3 is 2.70 bits per heavy atom. The SMILES string of the molecule is NCc1nnc2n1-c1ccc(Cl)cc1C(c1ccccc1)=NC2. The monoisotopic (exact) mass is 323 g/mol. The number of halogens is 1. The van der Waals surface area contributed by atoms with Crippen LogP contribution in [0.15, 0.2) is 53.5 Å². The Kier molecular flexibility index (Phi) is 3.44. The van der Waals surface area contributed by atoms with Crippen LogP contribution in [0.25, 0.3) is 5.69 Å². The van der Waals surface area contributed by atoms with Crippen molar-refractivity contribution < 1.29 is 0 Å². The van der Waals surface area contributed by atoms with Crippen molar-refractivity contribution in [2.45, 2.75) is 13.1 Å². The molecule has 1 aliphatic rings. The number of benzene rings is 2. The number of nitrogens with zero attached hydrogens (tertiary/aromatic N) is 4. The Hall–Kier alpha value is -2.50. The first-order valence-corrected chi connectivity index (χ1v) is 7.69. The number of fused-ring (bicyclic) bond motifs is 3. The third kappa shape index (κ3) is 2.34. The highest BCUT2D eigenvalue weighted by Gasteiger charge is 2.22. The minimum absolute atomic E-state index is 0.315. The van der Waals surface area contributed by atoms with Gasteiger partial charge in [0.15, 0.2) is 11.6 Å². The van der Waals surface area contributed by atoms with E-state index in [2.05, 4.69) is 10.2 Å². The second-order valence-electron chi connectivity index (χ2n) is 5.26. The summed E-state index contributed by atoms with van der Waals surface area (Å²) in [6.07, 6.45) is 0. The van der Waals surface area contributed by atoms with Crippen molar-refractivity contribution in [2.24, 2.45) is 10.7 Å². The molecule has 1 aromatic heterocycles. The van der Waals surface area contributed by atoms with Gasteiger partial charge in [0.1, 0.15) is 6.54 Å². The van der Waals surface area contributed by atoms with Gasteiger partial charge >= 0.3 is 0 Å². The van der Waals surface area contributed by atoms with Gasteiger partial charge in [0, 0.05) is 16.1 Å². The molecule has 6 heteroatoms. The molecule has 0 unspecified atom stereocenters. The number of aromatic nitrogens is 3. The van der Waals surface area contributed by atoms with Crippen LogP contribution < -0.4 is 5.73 Å². The van der Waals surface area contributed by atoms with Crippen LogP contribution in [0.3, 0.4) is 0 Å². The molecule has 0 spiro atoms. The molecule has 0 aliphatic carbocycles. The van der Waals surface area contributed by atoms with Gasteiger partial charge in [0.25, 0.3) is 0 Å². The Bertz CT molecular complexity index is 899. The summed E-state index contributed by atoms with van der Waals surface area (Å²) < 4.78 is 1.98. The van der Waals surface area contributed by atoms with E-state index in [-0.39, 0.29) is 0 Å². The lowest BCUT2D eigenvalue weighted by Gasteiger charge is -2.13. The molecular weight excluding hydrogens is 310 g/mol. The highest BCUT2D eigenvalue weighted by molar-refractivity contribution is 6.31. The highest BCUT2D eigenvalue weighted by atomic mass is 35.5. The molecule has 1 aliphatic heterocycles. The molecule has 0 fully saturated rings. The molecule has 2 heterocycles. The van der Waals surface area contributed by atoms with Crippen LogP contribution in [-0.4, -0.2) is 20.5 Å². The molecule has 0 radical (unpaired) electrons. The van der Waals surface area contributed by atoms with Gasteiger partial charge in [-0.05, 0) is 18.2 Å². The Labute approximate surface area is 138 Å². The number of hydrogen-bond donors (Lipinski definition) is 1. The van der Waals surface area contributed by atoms with Crippen LogP contribution in [-0.2, 0) is 13.1 Å². The average Bonchev–Trinajstić information content (AvgIpc) is 2.92. The first-order chi connectivity index (χ1) is 11.3. The van der Waals surface area contributed by atoms with E-state index in [0.29, 0.717) is 23.9 Å². The van der Waals surface area contributed by atoms with Crippen molar-refractivity contribution in [3.63, 3.8) is 0 Å². The molecule has 5 nitrogen and oxygen atoms in total. The smallest absolute Gasteiger partial charge is 0.159 e. The maximum atomic E-state index is 6.24. The Balaban J connectivity index is 2.00. The van der Waals surface area contributed by atoms with Crippen molar-refractivity contribution in [3.8, 4) is 5.69 Å². The number of nitrogens with two attached hydrogens (primary N) is 1. The van der Waals surface area contributed by atoms with Crippen molar-refractivity contribution in [1.82, 2.24) is 14.8 Å². The summed E-state index contributed by atoms with van der Waals surface area (Å²) in [6.45, 7) is 0.763. The quantitative estimate of drug-likeness (QED) is 0.788. The zero-order chi connectivity index (χ0) is 15.8. The molecule has 4 rings (SSSR count). The van der Waals surface area contributed by atoms with Crippen molar-refractivity contribution in [1.29, 1.82) is 0 Å². The van der Waals surface area contributed by atoms with E-state index in [1.165, 1.54) is 0 Å². The summed E-state index contributed by atoms with van der Waals surface area (Å²) in [5, 5.41) is 9.06. The van der Waals surface area contributed by atoms with E-state index >= 15 is 0 Å². The van der Waals surface area contributed by atoms with E-state index < -0.39 is 0 Å². The zero-order valence-corrected chi connectivity index (χ0v) is 13.0.